The van der Waals surface area contributed by atoms with Crippen molar-refractivity contribution < 1.29 is 9.18 Å². The summed E-state index contributed by atoms with van der Waals surface area (Å²) in [6, 6.07) is 25.6. The first-order valence-corrected chi connectivity index (χ1v) is 12.6. The normalized spacial score (nSPS) is 14.5. The van der Waals surface area contributed by atoms with Gasteiger partial charge in [-0.15, -0.1) is 0 Å². The molecule has 0 saturated heterocycles. The van der Waals surface area contributed by atoms with Gasteiger partial charge in [-0.1, -0.05) is 42.5 Å². The Kier molecular flexibility index (Phi) is 5.83. The second-order valence-electron chi connectivity index (χ2n) is 9.77. The van der Waals surface area contributed by atoms with Gasteiger partial charge in [-0.3, -0.25) is 0 Å². The molecule has 0 aliphatic carbocycles. The Morgan fingerprint density at radius 2 is 1.76 bits per heavy atom. The smallest absolute Gasteiger partial charge is 0.308 e. The van der Waals surface area contributed by atoms with Crippen LogP contribution in [0.3, 0.4) is 0 Å². The van der Waals surface area contributed by atoms with Gasteiger partial charge in [0, 0.05) is 17.4 Å². The first kappa shape index (κ1) is 23.7. The number of rotatable bonds is 3. The van der Waals surface area contributed by atoms with E-state index in [-0.39, 0.29) is 11.8 Å². The summed E-state index contributed by atoms with van der Waals surface area (Å²) in [7, 11) is 0. The molecule has 1 atom stereocenters. The minimum absolute atomic E-state index is 0.263. The number of urea groups is 1. The molecule has 0 bridgehead atoms. The van der Waals surface area contributed by atoms with Gasteiger partial charge < -0.3 is 14.8 Å². The summed E-state index contributed by atoms with van der Waals surface area (Å²) in [5.41, 5.74) is 7.01. The lowest BCUT2D eigenvalue weighted by Gasteiger charge is -2.31. The number of fused-ring (bicyclic) bond motifs is 3. The number of nitrogens with one attached hydrogen (secondary N) is 1. The van der Waals surface area contributed by atoms with Gasteiger partial charge in [-0.05, 0) is 79.9 Å². The molecule has 0 saturated carbocycles. The Labute approximate surface area is 221 Å². The standard InChI is InChI=1S/C31H28FN5O/c1-20-14-15-21(2)27(17-20)33-31(38)36-19-26-22(3)34-37(25-11-5-4-6-12-25)30(26)35-16-8-13-28(35)29(36)23-9-7-10-24(32)18-23/h4-18,29H,19H2,1-3H3,(H,33,38)/t29-/m0/s1. The molecular formula is C31H28FN5O. The van der Waals surface area contributed by atoms with Crippen LogP contribution in [-0.2, 0) is 6.54 Å². The molecule has 2 aromatic heterocycles. The molecule has 3 heterocycles. The number of nitrogens with zero attached hydrogens (tertiary/aromatic N) is 4. The molecule has 1 N–H and O–H groups in total. The van der Waals surface area contributed by atoms with Crippen molar-refractivity contribution in [2.24, 2.45) is 0 Å². The van der Waals surface area contributed by atoms with Gasteiger partial charge >= 0.3 is 6.03 Å². The lowest BCUT2D eigenvalue weighted by Crippen LogP contribution is -2.38. The number of anilines is 1. The molecule has 0 unspecified atom stereocenters. The maximum Gasteiger partial charge on any atom is 0.322 e. The second kappa shape index (κ2) is 9.34. The number of aromatic nitrogens is 3. The van der Waals surface area contributed by atoms with Gasteiger partial charge in [0.15, 0.2) is 0 Å². The van der Waals surface area contributed by atoms with E-state index in [1.54, 1.807) is 11.0 Å². The fourth-order valence-electron chi connectivity index (χ4n) is 5.23. The highest BCUT2D eigenvalue weighted by Crippen LogP contribution is 2.39. The summed E-state index contributed by atoms with van der Waals surface area (Å²) < 4.78 is 18.5. The van der Waals surface area contributed by atoms with Gasteiger partial charge in [-0.2, -0.15) is 5.10 Å². The third kappa shape index (κ3) is 4.06. The van der Waals surface area contributed by atoms with E-state index in [1.165, 1.54) is 12.1 Å². The maximum absolute atomic E-state index is 14.5. The number of carbonyl (C=O) groups excluding carboxylic acids is 1. The number of para-hydroxylation sites is 1. The molecule has 3 aromatic carbocycles. The zero-order valence-corrected chi connectivity index (χ0v) is 21.5. The third-order valence-corrected chi connectivity index (χ3v) is 7.15. The van der Waals surface area contributed by atoms with E-state index < -0.39 is 6.04 Å². The molecule has 2 amide bonds. The van der Waals surface area contributed by atoms with E-state index in [0.29, 0.717) is 12.1 Å². The summed E-state index contributed by atoms with van der Waals surface area (Å²) in [6.07, 6.45) is 1.98. The van der Waals surface area contributed by atoms with Crippen molar-refractivity contribution in [1.82, 2.24) is 19.2 Å². The van der Waals surface area contributed by atoms with Gasteiger partial charge in [-0.25, -0.2) is 13.9 Å². The van der Waals surface area contributed by atoms with Crippen LogP contribution in [0.15, 0.2) is 91.1 Å². The molecular weight excluding hydrogens is 477 g/mol. The molecule has 5 aromatic rings. The first-order valence-electron chi connectivity index (χ1n) is 12.6. The fourth-order valence-corrected chi connectivity index (χ4v) is 5.23. The van der Waals surface area contributed by atoms with E-state index in [0.717, 1.165) is 45.3 Å². The van der Waals surface area contributed by atoms with Gasteiger partial charge in [0.2, 0.25) is 0 Å². The molecule has 0 radical (unpaired) electrons. The number of amides is 2. The topological polar surface area (TPSA) is 55.1 Å². The van der Waals surface area contributed by atoms with Crippen molar-refractivity contribution in [1.29, 1.82) is 0 Å². The minimum atomic E-state index is -0.526. The van der Waals surface area contributed by atoms with E-state index >= 15 is 0 Å². The van der Waals surface area contributed by atoms with Crippen LogP contribution < -0.4 is 5.32 Å². The molecule has 6 rings (SSSR count). The lowest BCUT2D eigenvalue weighted by atomic mass is 10.0. The Bertz CT molecular complexity index is 1650. The van der Waals surface area contributed by atoms with Crippen molar-refractivity contribution in [3.8, 4) is 11.5 Å². The summed E-state index contributed by atoms with van der Waals surface area (Å²) in [6.45, 7) is 6.23. The molecule has 1 aliphatic heterocycles. The quantitative estimate of drug-likeness (QED) is 0.291. The average Bonchev–Trinajstić information content (AvgIpc) is 3.47. The number of carbonyl (C=O) groups is 1. The monoisotopic (exact) mass is 505 g/mol. The molecule has 190 valence electrons. The van der Waals surface area contributed by atoms with Gasteiger partial charge in [0.05, 0.1) is 29.7 Å². The SMILES string of the molecule is Cc1ccc(C)c(NC(=O)N2Cc3c(C)nn(-c4ccccc4)c3-n3cccc3[C@@H]2c2cccc(F)c2)c1. The van der Waals surface area contributed by atoms with Crippen LogP contribution in [0.4, 0.5) is 14.9 Å². The summed E-state index contributed by atoms with van der Waals surface area (Å²) in [4.78, 5) is 15.8. The molecule has 38 heavy (non-hydrogen) atoms. The van der Waals surface area contributed by atoms with E-state index in [1.807, 2.05) is 98.4 Å². The van der Waals surface area contributed by atoms with Crippen molar-refractivity contribution in [3.05, 3.63) is 131 Å². The number of hydrogen-bond donors (Lipinski definition) is 1. The predicted molar refractivity (Wildman–Crippen MR) is 146 cm³/mol. The Balaban J connectivity index is 1.54. The molecule has 0 spiro atoms. The van der Waals surface area contributed by atoms with Crippen LogP contribution in [0, 0.1) is 26.6 Å². The van der Waals surface area contributed by atoms with Crippen LogP contribution >= 0.6 is 0 Å². The Hall–Kier alpha value is -4.65. The van der Waals surface area contributed by atoms with Crippen LogP contribution in [0.5, 0.6) is 0 Å². The van der Waals surface area contributed by atoms with E-state index in [9.17, 15) is 9.18 Å². The highest BCUT2D eigenvalue weighted by atomic mass is 19.1. The average molecular weight is 506 g/mol. The van der Waals surface area contributed by atoms with Gasteiger partial charge in [0.25, 0.3) is 0 Å². The highest BCUT2D eigenvalue weighted by molar-refractivity contribution is 5.91. The Morgan fingerprint density at radius 1 is 0.947 bits per heavy atom. The van der Waals surface area contributed by atoms with Crippen LogP contribution in [0.1, 0.15) is 39.7 Å². The van der Waals surface area contributed by atoms with Gasteiger partial charge in [0.1, 0.15) is 11.6 Å². The zero-order valence-electron chi connectivity index (χ0n) is 21.5. The molecule has 7 heteroatoms. The van der Waals surface area contributed by atoms with Crippen LogP contribution in [0.25, 0.3) is 11.5 Å². The lowest BCUT2D eigenvalue weighted by molar-refractivity contribution is 0.194. The van der Waals surface area contributed by atoms with Crippen molar-refractivity contribution in [2.45, 2.75) is 33.4 Å². The summed E-state index contributed by atoms with van der Waals surface area (Å²) in [5, 5.41) is 8.01. The minimum Gasteiger partial charge on any atom is -0.308 e. The number of benzene rings is 3. The Morgan fingerprint density at radius 3 is 2.55 bits per heavy atom. The molecule has 6 nitrogen and oxygen atoms in total. The maximum atomic E-state index is 14.5. The highest BCUT2D eigenvalue weighted by Gasteiger charge is 2.36. The molecule has 1 aliphatic rings. The predicted octanol–water partition coefficient (Wildman–Crippen LogP) is 6.86. The first-order chi connectivity index (χ1) is 18.4. The second-order valence-corrected chi connectivity index (χ2v) is 9.77. The number of halogens is 1. The number of hydrogen-bond acceptors (Lipinski definition) is 2. The van der Waals surface area contributed by atoms with Crippen molar-refractivity contribution in [2.75, 3.05) is 5.32 Å². The van der Waals surface area contributed by atoms with Crippen LogP contribution in [0.2, 0.25) is 0 Å². The fraction of sp³-hybridized carbons (Fsp3) is 0.161. The number of aryl methyl sites for hydroxylation is 3. The summed E-state index contributed by atoms with van der Waals surface area (Å²) >= 11 is 0. The van der Waals surface area contributed by atoms with E-state index in [2.05, 4.69) is 9.88 Å². The van der Waals surface area contributed by atoms with Crippen LogP contribution in [-0.4, -0.2) is 25.3 Å². The van der Waals surface area contributed by atoms with Crippen molar-refractivity contribution in [3.63, 3.8) is 0 Å². The van der Waals surface area contributed by atoms with Crippen molar-refractivity contribution >= 4 is 11.7 Å². The molecule has 0 fully saturated rings. The summed E-state index contributed by atoms with van der Waals surface area (Å²) in [5.74, 6) is 0.529. The largest absolute Gasteiger partial charge is 0.322 e. The zero-order chi connectivity index (χ0) is 26.4. The van der Waals surface area contributed by atoms with E-state index in [4.69, 9.17) is 5.10 Å². The third-order valence-electron chi connectivity index (χ3n) is 7.15.